The van der Waals surface area contributed by atoms with Gasteiger partial charge in [-0.1, -0.05) is 18.5 Å². The second-order valence-electron chi connectivity index (χ2n) is 3.39. The summed E-state index contributed by atoms with van der Waals surface area (Å²) in [5.41, 5.74) is 0. The zero-order valence-electron chi connectivity index (χ0n) is 9.05. The molecular weight excluding hydrogens is 224 g/mol. The Hall–Kier alpha value is -1.55. The van der Waals surface area contributed by atoms with Crippen molar-refractivity contribution < 1.29 is 0 Å². The van der Waals surface area contributed by atoms with E-state index in [4.69, 9.17) is 11.6 Å². The zero-order valence-corrected chi connectivity index (χ0v) is 9.80. The van der Waals surface area contributed by atoms with Crippen LogP contribution in [0, 0.1) is 0 Å². The molecule has 0 saturated carbocycles. The minimum absolute atomic E-state index is 0.457. The van der Waals surface area contributed by atoms with Crippen molar-refractivity contribution in [1.29, 1.82) is 0 Å². The maximum absolute atomic E-state index is 5.86. The molecule has 2 aromatic rings. The first-order valence-electron chi connectivity index (χ1n) is 5.19. The molecule has 0 atom stereocenters. The van der Waals surface area contributed by atoms with E-state index in [1.165, 1.54) is 6.33 Å². The first-order chi connectivity index (χ1) is 7.81. The van der Waals surface area contributed by atoms with E-state index in [2.05, 4.69) is 16.9 Å². The lowest BCUT2D eigenvalue weighted by Crippen LogP contribution is -2.29. The second-order valence-corrected chi connectivity index (χ2v) is 3.77. The van der Waals surface area contributed by atoms with Gasteiger partial charge in [0, 0.05) is 25.0 Å². The summed E-state index contributed by atoms with van der Waals surface area (Å²) in [6.07, 6.45) is 6.46. The third kappa shape index (κ3) is 2.33. The number of anilines is 1. The molecule has 0 unspecified atom stereocenters. The van der Waals surface area contributed by atoms with Crippen molar-refractivity contribution in [2.24, 2.45) is 0 Å². The predicted octanol–water partition coefficient (Wildman–Crippen LogP) is 2.61. The quantitative estimate of drug-likeness (QED) is 0.766. The highest BCUT2D eigenvalue weighted by Gasteiger charge is 2.08. The summed E-state index contributed by atoms with van der Waals surface area (Å²) in [6.45, 7) is 3.00. The third-order valence-corrected chi connectivity index (χ3v) is 2.39. The minimum atomic E-state index is 0.457. The Kier molecular flexibility index (Phi) is 3.41. The highest BCUT2D eigenvalue weighted by Crippen LogP contribution is 2.15. The minimum Gasteiger partial charge on any atom is -0.267 e. The Bertz CT molecular complexity index is 441. The van der Waals surface area contributed by atoms with Crippen molar-refractivity contribution in [3.8, 4) is 0 Å². The van der Waals surface area contributed by atoms with Crippen LogP contribution in [0.2, 0.25) is 5.15 Å². The summed E-state index contributed by atoms with van der Waals surface area (Å²) in [6, 6.07) is 5.72. The molecule has 4 nitrogen and oxygen atoms in total. The van der Waals surface area contributed by atoms with Crippen molar-refractivity contribution >= 4 is 17.4 Å². The van der Waals surface area contributed by atoms with E-state index in [0.717, 1.165) is 18.8 Å². The molecule has 0 aliphatic rings. The van der Waals surface area contributed by atoms with Gasteiger partial charge in [0.25, 0.3) is 0 Å². The van der Waals surface area contributed by atoms with Crippen LogP contribution in [0.5, 0.6) is 0 Å². The maximum atomic E-state index is 5.86. The van der Waals surface area contributed by atoms with Crippen molar-refractivity contribution in [1.82, 2.24) is 14.6 Å². The third-order valence-electron chi connectivity index (χ3n) is 2.19. The molecule has 0 aliphatic carbocycles. The molecule has 0 saturated heterocycles. The van der Waals surface area contributed by atoms with Gasteiger partial charge in [-0.25, -0.2) is 9.97 Å². The SMILES string of the molecule is CCCN(c1cc(Cl)ncn1)n1cccc1. The first-order valence-corrected chi connectivity index (χ1v) is 5.57. The van der Waals surface area contributed by atoms with E-state index >= 15 is 0 Å². The van der Waals surface area contributed by atoms with E-state index in [1.54, 1.807) is 6.07 Å². The van der Waals surface area contributed by atoms with Crippen LogP contribution in [0.25, 0.3) is 0 Å². The molecule has 0 aliphatic heterocycles. The summed E-state index contributed by atoms with van der Waals surface area (Å²) in [5.74, 6) is 0.804. The number of hydrogen-bond donors (Lipinski definition) is 0. The summed E-state index contributed by atoms with van der Waals surface area (Å²) >= 11 is 5.86. The first kappa shape index (κ1) is 11.0. The van der Waals surface area contributed by atoms with Crippen molar-refractivity contribution in [3.05, 3.63) is 42.1 Å². The van der Waals surface area contributed by atoms with E-state index < -0.39 is 0 Å². The van der Waals surface area contributed by atoms with E-state index in [-0.39, 0.29) is 0 Å². The molecule has 84 valence electrons. The topological polar surface area (TPSA) is 34.0 Å². The van der Waals surface area contributed by atoms with E-state index in [1.807, 2.05) is 34.2 Å². The summed E-state index contributed by atoms with van der Waals surface area (Å²) in [7, 11) is 0. The van der Waals surface area contributed by atoms with Gasteiger partial charge in [-0.3, -0.25) is 9.69 Å². The number of halogens is 1. The fraction of sp³-hybridized carbons (Fsp3) is 0.273. The summed E-state index contributed by atoms with van der Waals surface area (Å²) in [4.78, 5) is 8.11. The average molecular weight is 237 g/mol. The number of rotatable bonds is 4. The summed E-state index contributed by atoms with van der Waals surface area (Å²) in [5, 5.41) is 2.51. The lowest BCUT2D eigenvalue weighted by molar-refractivity contribution is 0.667. The Balaban J connectivity index is 2.33. The predicted molar refractivity (Wildman–Crippen MR) is 64.5 cm³/mol. The second kappa shape index (κ2) is 4.99. The lowest BCUT2D eigenvalue weighted by Gasteiger charge is -2.24. The smallest absolute Gasteiger partial charge is 0.152 e. The molecule has 2 aromatic heterocycles. The van der Waals surface area contributed by atoms with Gasteiger partial charge >= 0.3 is 0 Å². The van der Waals surface area contributed by atoms with E-state index in [0.29, 0.717) is 5.15 Å². The normalized spacial score (nSPS) is 10.4. The van der Waals surface area contributed by atoms with Crippen LogP contribution in [0.4, 0.5) is 5.82 Å². The van der Waals surface area contributed by atoms with Crippen LogP contribution in [-0.4, -0.2) is 21.2 Å². The number of aromatic nitrogens is 3. The Morgan fingerprint density at radius 2 is 2.06 bits per heavy atom. The fourth-order valence-electron chi connectivity index (χ4n) is 1.51. The molecule has 5 heteroatoms. The van der Waals surface area contributed by atoms with Crippen LogP contribution in [-0.2, 0) is 0 Å². The molecule has 2 rings (SSSR count). The lowest BCUT2D eigenvalue weighted by atomic mass is 10.4. The van der Waals surface area contributed by atoms with Crippen LogP contribution >= 0.6 is 11.6 Å². The molecular formula is C11H13ClN4. The van der Waals surface area contributed by atoms with Crippen LogP contribution in [0.3, 0.4) is 0 Å². The zero-order chi connectivity index (χ0) is 11.4. The van der Waals surface area contributed by atoms with Crippen LogP contribution in [0.1, 0.15) is 13.3 Å². The molecule has 16 heavy (non-hydrogen) atoms. The van der Waals surface area contributed by atoms with Gasteiger partial charge in [0.05, 0.1) is 0 Å². The maximum Gasteiger partial charge on any atom is 0.152 e. The summed E-state index contributed by atoms with van der Waals surface area (Å²) < 4.78 is 1.99. The van der Waals surface area contributed by atoms with Crippen molar-refractivity contribution in [2.45, 2.75) is 13.3 Å². The standard InChI is InChI=1S/C11H13ClN4/c1-2-5-16(15-6-3-4-7-15)11-8-10(12)13-9-14-11/h3-4,6-9H,2,5H2,1H3. The number of nitrogens with zero attached hydrogens (tertiary/aromatic N) is 4. The van der Waals surface area contributed by atoms with Crippen molar-refractivity contribution in [2.75, 3.05) is 11.6 Å². The van der Waals surface area contributed by atoms with Gasteiger partial charge in [-0.15, -0.1) is 0 Å². The molecule has 0 spiro atoms. The van der Waals surface area contributed by atoms with Crippen molar-refractivity contribution in [3.63, 3.8) is 0 Å². The molecule has 0 amide bonds. The molecule has 0 bridgehead atoms. The van der Waals surface area contributed by atoms with Gasteiger partial charge in [0.15, 0.2) is 5.82 Å². The largest absolute Gasteiger partial charge is 0.267 e. The molecule has 2 heterocycles. The van der Waals surface area contributed by atoms with Gasteiger partial charge in [-0.05, 0) is 18.6 Å². The molecule has 0 radical (unpaired) electrons. The Morgan fingerprint density at radius 1 is 1.31 bits per heavy atom. The highest BCUT2D eigenvalue weighted by molar-refractivity contribution is 6.29. The van der Waals surface area contributed by atoms with Gasteiger partial charge in [-0.2, -0.15) is 0 Å². The van der Waals surface area contributed by atoms with Crippen LogP contribution in [0.15, 0.2) is 36.9 Å². The highest BCUT2D eigenvalue weighted by atomic mass is 35.5. The molecule has 0 N–H and O–H groups in total. The Labute approximate surface area is 99.5 Å². The van der Waals surface area contributed by atoms with Gasteiger partial charge in [0.1, 0.15) is 11.5 Å². The van der Waals surface area contributed by atoms with E-state index in [9.17, 15) is 0 Å². The monoisotopic (exact) mass is 236 g/mol. The van der Waals surface area contributed by atoms with Crippen LogP contribution < -0.4 is 5.01 Å². The average Bonchev–Trinajstić information content (AvgIpc) is 2.79. The van der Waals surface area contributed by atoms with Gasteiger partial charge < -0.3 is 0 Å². The molecule has 0 aromatic carbocycles. The Morgan fingerprint density at radius 3 is 2.69 bits per heavy atom. The van der Waals surface area contributed by atoms with Gasteiger partial charge in [0.2, 0.25) is 0 Å². The fourth-order valence-corrected chi connectivity index (χ4v) is 1.65. The molecule has 0 fully saturated rings. The number of hydrogen-bond acceptors (Lipinski definition) is 3.